The van der Waals surface area contributed by atoms with Gasteiger partial charge in [-0.3, -0.25) is 4.79 Å². The van der Waals surface area contributed by atoms with Crippen molar-refractivity contribution in [1.82, 2.24) is 0 Å². The van der Waals surface area contributed by atoms with Crippen LogP contribution in [0.5, 0.6) is 0 Å². The van der Waals surface area contributed by atoms with E-state index in [0.29, 0.717) is 5.92 Å². The third-order valence-corrected chi connectivity index (χ3v) is 2.75. The van der Waals surface area contributed by atoms with Gasteiger partial charge in [0.1, 0.15) is 0 Å². The highest BCUT2D eigenvalue weighted by atomic mass is 16.5. The zero-order valence-corrected chi connectivity index (χ0v) is 5.83. The zero-order chi connectivity index (χ0) is 7.35. The summed E-state index contributed by atoms with van der Waals surface area (Å²) in [4.78, 5) is 10.5. The number of aliphatic carboxylic acids is 1. The van der Waals surface area contributed by atoms with Crippen molar-refractivity contribution in [2.24, 2.45) is 11.8 Å². The predicted octanol–water partition coefficient (Wildman–Crippen LogP) is 0.496. The van der Waals surface area contributed by atoms with Crippen molar-refractivity contribution < 1.29 is 14.6 Å². The van der Waals surface area contributed by atoms with Gasteiger partial charge < -0.3 is 9.84 Å². The smallest absolute Gasteiger partial charge is 0.309 e. The minimum absolute atomic E-state index is 0.221. The van der Waals surface area contributed by atoms with Gasteiger partial charge >= 0.3 is 5.97 Å². The molecule has 1 heterocycles. The molecule has 0 bridgehead atoms. The first kappa shape index (κ1) is 6.16. The summed E-state index contributed by atoms with van der Waals surface area (Å²) >= 11 is 0. The SMILES string of the molecule is CC12OCCC1C2C(=O)O. The number of carboxylic acids is 1. The lowest BCUT2D eigenvalue weighted by Gasteiger charge is -2.05. The largest absolute Gasteiger partial charge is 0.481 e. The Morgan fingerprint density at radius 3 is 2.80 bits per heavy atom. The average Bonchev–Trinajstić information content (AvgIpc) is 2.22. The molecule has 2 aliphatic rings. The lowest BCUT2D eigenvalue weighted by Crippen LogP contribution is -2.15. The first-order valence-corrected chi connectivity index (χ1v) is 3.53. The molecule has 1 N–H and O–H groups in total. The molecule has 2 rings (SSSR count). The second-order valence-corrected chi connectivity index (χ2v) is 3.24. The molecule has 1 saturated carbocycles. The van der Waals surface area contributed by atoms with Gasteiger partial charge in [0, 0.05) is 12.5 Å². The molecule has 1 aliphatic heterocycles. The summed E-state index contributed by atoms with van der Waals surface area (Å²) < 4.78 is 5.31. The summed E-state index contributed by atoms with van der Waals surface area (Å²) in [6, 6.07) is 0. The van der Waals surface area contributed by atoms with E-state index in [-0.39, 0.29) is 11.5 Å². The van der Waals surface area contributed by atoms with E-state index < -0.39 is 5.97 Å². The van der Waals surface area contributed by atoms with Crippen LogP contribution in [-0.4, -0.2) is 23.3 Å². The Balaban J connectivity index is 2.15. The van der Waals surface area contributed by atoms with Crippen LogP contribution in [0.3, 0.4) is 0 Å². The first-order chi connectivity index (χ1) is 4.66. The monoisotopic (exact) mass is 142 g/mol. The Morgan fingerprint density at radius 1 is 1.80 bits per heavy atom. The summed E-state index contributed by atoms with van der Waals surface area (Å²) in [6.45, 7) is 2.63. The molecule has 0 spiro atoms. The van der Waals surface area contributed by atoms with Crippen molar-refractivity contribution >= 4 is 5.97 Å². The quantitative estimate of drug-likeness (QED) is 0.579. The molecule has 10 heavy (non-hydrogen) atoms. The van der Waals surface area contributed by atoms with Gasteiger partial charge in [0.25, 0.3) is 0 Å². The van der Waals surface area contributed by atoms with E-state index in [4.69, 9.17) is 9.84 Å². The van der Waals surface area contributed by atoms with Crippen LogP contribution in [0, 0.1) is 11.8 Å². The van der Waals surface area contributed by atoms with Crippen molar-refractivity contribution in [1.29, 1.82) is 0 Å². The van der Waals surface area contributed by atoms with Crippen molar-refractivity contribution in [3.8, 4) is 0 Å². The van der Waals surface area contributed by atoms with Crippen LogP contribution >= 0.6 is 0 Å². The molecule has 0 aromatic rings. The van der Waals surface area contributed by atoms with Gasteiger partial charge in [-0.1, -0.05) is 0 Å². The fraction of sp³-hybridized carbons (Fsp3) is 0.857. The van der Waals surface area contributed by atoms with E-state index in [9.17, 15) is 4.79 Å². The van der Waals surface area contributed by atoms with E-state index in [1.54, 1.807) is 0 Å². The second-order valence-electron chi connectivity index (χ2n) is 3.24. The summed E-state index contributed by atoms with van der Waals surface area (Å²) in [7, 11) is 0. The molecule has 0 aromatic heterocycles. The van der Waals surface area contributed by atoms with Crippen LogP contribution < -0.4 is 0 Å². The third kappa shape index (κ3) is 0.515. The van der Waals surface area contributed by atoms with E-state index in [2.05, 4.69) is 0 Å². The van der Waals surface area contributed by atoms with Gasteiger partial charge in [-0.2, -0.15) is 0 Å². The van der Waals surface area contributed by atoms with E-state index >= 15 is 0 Å². The standard InChI is InChI=1S/C7H10O3/c1-7-4(2-3-10-7)5(7)6(8)9/h4-5H,2-3H2,1H3,(H,8,9). The zero-order valence-electron chi connectivity index (χ0n) is 5.83. The van der Waals surface area contributed by atoms with E-state index in [1.165, 1.54) is 0 Å². The van der Waals surface area contributed by atoms with Crippen LogP contribution in [0.15, 0.2) is 0 Å². The molecular weight excluding hydrogens is 132 g/mol. The number of hydrogen-bond donors (Lipinski definition) is 1. The first-order valence-electron chi connectivity index (χ1n) is 3.53. The van der Waals surface area contributed by atoms with Crippen molar-refractivity contribution in [3.63, 3.8) is 0 Å². The number of fused-ring (bicyclic) bond motifs is 1. The molecule has 1 aliphatic carbocycles. The normalized spacial score (nSPS) is 50.5. The molecule has 3 nitrogen and oxygen atoms in total. The fourth-order valence-corrected chi connectivity index (χ4v) is 2.05. The number of hydrogen-bond acceptors (Lipinski definition) is 2. The predicted molar refractivity (Wildman–Crippen MR) is 33.6 cm³/mol. The maximum atomic E-state index is 10.5. The minimum atomic E-state index is -0.702. The topological polar surface area (TPSA) is 46.5 Å². The summed E-state index contributed by atoms with van der Waals surface area (Å²) in [5.41, 5.74) is -0.300. The van der Waals surface area contributed by atoms with Gasteiger partial charge in [0.2, 0.25) is 0 Å². The number of ether oxygens (including phenoxy) is 1. The lowest BCUT2D eigenvalue weighted by atomic mass is 10.2. The molecule has 1 saturated heterocycles. The Kier molecular flexibility index (Phi) is 0.944. The highest BCUT2D eigenvalue weighted by Gasteiger charge is 2.69. The van der Waals surface area contributed by atoms with Crippen molar-refractivity contribution in [2.45, 2.75) is 18.9 Å². The summed E-state index contributed by atoms with van der Waals surface area (Å²) in [5, 5.41) is 8.64. The summed E-state index contributed by atoms with van der Waals surface area (Å²) in [6.07, 6.45) is 0.924. The number of carbonyl (C=O) groups is 1. The molecule has 56 valence electrons. The Morgan fingerprint density at radius 2 is 2.50 bits per heavy atom. The molecule has 0 radical (unpaired) electrons. The minimum Gasteiger partial charge on any atom is -0.481 e. The Labute approximate surface area is 59.0 Å². The number of rotatable bonds is 1. The maximum absolute atomic E-state index is 10.5. The van der Waals surface area contributed by atoms with Gasteiger partial charge in [-0.05, 0) is 13.3 Å². The average molecular weight is 142 g/mol. The molecule has 0 aromatic carbocycles. The Bertz CT molecular complexity index is 189. The van der Waals surface area contributed by atoms with Gasteiger partial charge in [-0.15, -0.1) is 0 Å². The molecule has 3 atom stereocenters. The lowest BCUT2D eigenvalue weighted by molar-refractivity contribution is -0.141. The maximum Gasteiger partial charge on any atom is 0.309 e. The molecule has 3 unspecified atom stereocenters. The van der Waals surface area contributed by atoms with E-state index in [0.717, 1.165) is 13.0 Å². The third-order valence-electron chi connectivity index (χ3n) is 2.75. The molecule has 0 amide bonds. The molecule has 3 heteroatoms. The van der Waals surface area contributed by atoms with Gasteiger partial charge in [0.15, 0.2) is 0 Å². The second kappa shape index (κ2) is 1.53. The summed E-state index contributed by atoms with van der Waals surface area (Å²) in [5.74, 6) is -0.626. The van der Waals surface area contributed by atoms with Crippen molar-refractivity contribution in [3.05, 3.63) is 0 Å². The van der Waals surface area contributed by atoms with Crippen molar-refractivity contribution in [2.75, 3.05) is 6.61 Å². The van der Waals surface area contributed by atoms with Crippen LogP contribution in [0.4, 0.5) is 0 Å². The highest BCUT2D eigenvalue weighted by molar-refractivity contribution is 5.76. The van der Waals surface area contributed by atoms with Crippen LogP contribution in [0.1, 0.15) is 13.3 Å². The van der Waals surface area contributed by atoms with E-state index in [1.807, 2.05) is 6.92 Å². The Hall–Kier alpha value is -0.570. The van der Waals surface area contributed by atoms with Crippen LogP contribution in [0.25, 0.3) is 0 Å². The number of carboxylic acid groups (broad SMARTS) is 1. The fourth-order valence-electron chi connectivity index (χ4n) is 2.05. The highest BCUT2D eigenvalue weighted by Crippen LogP contribution is 2.59. The van der Waals surface area contributed by atoms with Crippen LogP contribution in [0.2, 0.25) is 0 Å². The molecular formula is C7H10O3. The van der Waals surface area contributed by atoms with Gasteiger partial charge in [0.05, 0.1) is 11.5 Å². The molecule has 2 fully saturated rings. The van der Waals surface area contributed by atoms with Gasteiger partial charge in [-0.25, -0.2) is 0 Å². The van der Waals surface area contributed by atoms with Crippen LogP contribution in [-0.2, 0) is 9.53 Å².